The van der Waals surface area contributed by atoms with E-state index in [1.807, 2.05) is 28.9 Å². The van der Waals surface area contributed by atoms with E-state index in [1.165, 1.54) is 0 Å². The largest absolute Gasteiger partial charge is 0.484 e. The molecular formula is C15H19N5O2. The lowest BCUT2D eigenvalue weighted by molar-refractivity contribution is -0.119. The molecule has 1 aliphatic rings. The van der Waals surface area contributed by atoms with Crippen LogP contribution in [0, 0.1) is 0 Å². The topological polar surface area (TPSA) is 95.1 Å². The molecule has 0 radical (unpaired) electrons. The fourth-order valence-electron chi connectivity index (χ4n) is 2.57. The molecule has 0 saturated heterocycles. The quantitative estimate of drug-likeness (QED) is 0.797. The maximum absolute atomic E-state index is 10.7. The van der Waals surface area contributed by atoms with Crippen LogP contribution in [0.4, 0.5) is 0 Å². The SMILES string of the molecule is NC(=O)COc1cccc(CN[C@@H]2CCc3ncnn3C2)c1. The van der Waals surface area contributed by atoms with Crippen LogP contribution in [-0.4, -0.2) is 33.3 Å². The van der Waals surface area contributed by atoms with E-state index in [0.717, 1.165) is 37.3 Å². The minimum Gasteiger partial charge on any atom is -0.484 e. The molecule has 2 heterocycles. The molecule has 3 rings (SSSR count). The average molecular weight is 301 g/mol. The number of benzene rings is 1. The Balaban J connectivity index is 1.53. The Bertz CT molecular complexity index is 655. The van der Waals surface area contributed by atoms with Crippen LogP contribution in [-0.2, 0) is 24.3 Å². The van der Waals surface area contributed by atoms with Gasteiger partial charge in [-0.25, -0.2) is 9.67 Å². The van der Waals surface area contributed by atoms with E-state index in [9.17, 15) is 4.79 Å². The third-order valence-corrected chi connectivity index (χ3v) is 3.68. The third kappa shape index (κ3) is 3.62. The molecule has 1 amide bonds. The molecule has 1 aliphatic heterocycles. The Kier molecular flexibility index (Phi) is 4.34. The number of nitrogens with zero attached hydrogens (tertiary/aromatic N) is 3. The van der Waals surface area contributed by atoms with Gasteiger partial charge in [-0.3, -0.25) is 4.79 Å². The second-order valence-electron chi connectivity index (χ2n) is 5.38. The second kappa shape index (κ2) is 6.57. The van der Waals surface area contributed by atoms with E-state index in [0.29, 0.717) is 11.8 Å². The van der Waals surface area contributed by atoms with Gasteiger partial charge in [-0.1, -0.05) is 12.1 Å². The van der Waals surface area contributed by atoms with Crippen molar-refractivity contribution >= 4 is 5.91 Å². The highest BCUT2D eigenvalue weighted by atomic mass is 16.5. The molecule has 0 saturated carbocycles. The Morgan fingerprint density at radius 3 is 3.27 bits per heavy atom. The van der Waals surface area contributed by atoms with Gasteiger partial charge in [0.1, 0.15) is 17.9 Å². The summed E-state index contributed by atoms with van der Waals surface area (Å²) in [5.41, 5.74) is 6.18. The fourth-order valence-corrected chi connectivity index (χ4v) is 2.57. The summed E-state index contributed by atoms with van der Waals surface area (Å²) in [5.74, 6) is 1.23. The molecule has 1 aromatic carbocycles. The summed E-state index contributed by atoms with van der Waals surface area (Å²) in [5, 5.41) is 7.74. The molecule has 0 fully saturated rings. The molecule has 0 bridgehead atoms. The van der Waals surface area contributed by atoms with Crippen LogP contribution in [0.2, 0.25) is 0 Å². The second-order valence-corrected chi connectivity index (χ2v) is 5.38. The highest BCUT2D eigenvalue weighted by Gasteiger charge is 2.19. The van der Waals surface area contributed by atoms with Crippen LogP contribution in [0.25, 0.3) is 0 Å². The summed E-state index contributed by atoms with van der Waals surface area (Å²) in [6, 6.07) is 8.04. The lowest BCUT2D eigenvalue weighted by Gasteiger charge is -2.23. The molecule has 7 heteroatoms. The first kappa shape index (κ1) is 14.5. The van der Waals surface area contributed by atoms with Gasteiger partial charge in [0.25, 0.3) is 5.91 Å². The van der Waals surface area contributed by atoms with Crippen molar-refractivity contribution < 1.29 is 9.53 Å². The molecular weight excluding hydrogens is 282 g/mol. The number of aryl methyl sites for hydroxylation is 1. The molecule has 0 unspecified atom stereocenters. The Labute approximate surface area is 128 Å². The van der Waals surface area contributed by atoms with Gasteiger partial charge in [-0.05, 0) is 24.1 Å². The molecule has 1 aromatic heterocycles. The van der Waals surface area contributed by atoms with E-state index in [2.05, 4.69) is 15.4 Å². The zero-order valence-electron chi connectivity index (χ0n) is 12.2. The van der Waals surface area contributed by atoms with Crippen LogP contribution in [0.15, 0.2) is 30.6 Å². The first-order valence-corrected chi connectivity index (χ1v) is 7.31. The van der Waals surface area contributed by atoms with Gasteiger partial charge in [0.2, 0.25) is 0 Å². The van der Waals surface area contributed by atoms with Crippen LogP contribution >= 0.6 is 0 Å². The van der Waals surface area contributed by atoms with E-state index in [-0.39, 0.29) is 6.61 Å². The minimum absolute atomic E-state index is 0.103. The van der Waals surface area contributed by atoms with Crippen molar-refractivity contribution in [2.24, 2.45) is 5.73 Å². The molecule has 116 valence electrons. The van der Waals surface area contributed by atoms with Crippen molar-refractivity contribution in [1.82, 2.24) is 20.1 Å². The standard InChI is InChI=1S/C15H19N5O2/c16-14(21)9-22-13-3-1-2-11(6-13)7-17-12-4-5-15-18-10-19-20(15)8-12/h1-3,6,10,12,17H,4-5,7-9H2,(H2,16,21)/t12-/m1/s1. The van der Waals surface area contributed by atoms with Crippen molar-refractivity contribution in [2.45, 2.75) is 32.0 Å². The van der Waals surface area contributed by atoms with Crippen molar-refractivity contribution in [3.63, 3.8) is 0 Å². The van der Waals surface area contributed by atoms with E-state index >= 15 is 0 Å². The summed E-state index contributed by atoms with van der Waals surface area (Å²) in [6.07, 6.45) is 3.60. The molecule has 22 heavy (non-hydrogen) atoms. The van der Waals surface area contributed by atoms with Crippen LogP contribution in [0.1, 0.15) is 17.8 Å². The van der Waals surface area contributed by atoms with Gasteiger partial charge in [0.15, 0.2) is 6.61 Å². The summed E-state index contributed by atoms with van der Waals surface area (Å²) < 4.78 is 7.26. The molecule has 0 aliphatic carbocycles. The number of aromatic nitrogens is 3. The van der Waals surface area contributed by atoms with Crippen molar-refractivity contribution in [3.8, 4) is 5.75 Å². The molecule has 0 spiro atoms. The number of hydrogen-bond donors (Lipinski definition) is 2. The van der Waals surface area contributed by atoms with Gasteiger partial charge in [0, 0.05) is 19.0 Å². The van der Waals surface area contributed by atoms with Crippen LogP contribution < -0.4 is 15.8 Å². The summed E-state index contributed by atoms with van der Waals surface area (Å²) in [4.78, 5) is 15.0. The number of fused-ring (bicyclic) bond motifs is 1. The number of rotatable bonds is 6. The fraction of sp³-hybridized carbons (Fsp3) is 0.400. The lowest BCUT2D eigenvalue weighted by atomic mass is 10.1. The van der Waals surface area contributed by atoms with E-state index in [4.69, 9.17) is 10.5 Å². The highest BCUT2D eigenvalue weighted by Crippen LogP contribution is 2.15. The van der Waals surface area contributed by atoms with Crippen molar-refractivity contribution in [2.75, 3.05) is 6.61 Å². The normalized spacial score (nSPS) is 17.0. The molecule has 2 aromatic rings. The number of nitrogens with one attached hydrogen (secondary N) is 1. The monoisotopic (exact) mass is 301 g/mol. The number of amides is 1. The van der Waals surface area contributed by atoms with E-state index in [1.54, 1.807) is 6.33 Å². The molecule has 7 nitrogen and oxygen atoms in total. The van der Waals surface area contributed by atoms with Gasteiger partial charge < -0.3 is 15.8 Å². The van der Waals surface area contributed by atoms with Gasteiger partial charge >= 0.3 is 0 Å². The summed E-state index contributed by atoms with van der Waals surface area (Å²) in [6.45, 7) is 1.48. The predicted octanol–water partition coefficient (Wildman–Crippen LogP) is 0.247. The molecule has 1 atom stereocenters. The van der Waals surface area contributed by atoms with Crippen molar-refractivity contribution in [3.05, 3.63) is 42.0 Å². The third-order valence-electron chi connectivity index (χ3n) is 3.68. The number of ether oxygens (including phenoxy) is 1. The zero-order valence-corrected chi connectivity index (χ0v) is 12.2. The first-order valence-electron chi connectivity index (χ1n) is 7.31. The predicted molar refractivity (Wildman–Crippen MR) is 80.1 cm³/mol. The maximum atomic E-state index is 10.7. The molecule has 3 N–H and O–H groups in total. The van der Waals surface area contributed by atoms with Gasteiger partial charge in [-0.15, -0.1) is 0 Å². The average Bonchev–Trinajstić information content (AvgIpc) is 2.99. The number of primary amides is 1. The Hall–Kier alpha value is -2.41. The number of nitrogens with two attached hydrogens (primary N) is 1. The maximum Gasteiger partial charge on any atom is 0.255 e. The van der Waals surface area contributed by atoms with Gasteiger partial charge in [0.05, 0.1) is 6.54 Å². The van der Waals surface area contributed by atoms with Crippen LogP contribution in [0.5, 0.6) is 5.75 Å². The zero-order chi connectivity index (χ0) is 15.4. The number of carbonyl (C=O) groups is 1. The summed E-state index contributed by atoms with van der Waals surface area (Å²) >= 11 is 0. The minimum atomic E-state index is -0.477. The smallest absolute Gasteiger partial charge is 0.255 e. The summed E-state index contributed by atoms with van der Waals surface area (Å²) in [7, 11) is 0. The number of hydrogen-bond acceptors (Lipinski definition) is 5. The van der Waals surface area contributed by atoms with E-state index < -0.39 is 5.91 Å². The van der Waals surface area contributed by atoms with Gasteiger partial charge in [-0.2, -0.15) is 5.10 Å². The first-order chi connectivity index (χ1) is 10.7. The van der Waals surface area contributed by atoms with Crippen LogP contribution in [0.3, 0.4) is 0 Å². The lowest BCUT2D eigenvalue weighted by Crippen LogP contribution is -2.37. The Morgan fingerprint density at radius 1 is 1.50 bits per heavy atom. The highest BCUT2D eigenvalue weighted by molar-refractivity contribution is 5.75. The van der Waals surface area contributed by atoms with Crippen molar-refractivity contribution in [1.29, 1.82) is 0 Å². The number of carbonyl (C=O) groups excluding carboxylic acids is 1. The Morgan fingerprint density at radius 2 is 2.41 bits per heavy atom.